The van der Waals surface area contributed by atoms with Crippen molar-refractivity contribution in [1.82, 2.24) is 16.0 Å². The molecule has 0 saturated heterocycles. The molecule has 1 heterocycles. The van der Waals surface area contributed by atoms with Crippen molar-refractivity contribution in [2.75, 3.05) is 18.8 Å². The summed E-state index contributed by atoms with van der Waals surface area (Å²) in [5.41, 5.74) is 29.6. The number of hydrogen-bond acceptors (Lipinski definition) is 11. The van der Waals surface area contributed by atoms with Crippen LogP contribution < -0.4 is 50.2 Å². The number of unbranched alkanes of at least 4 members (excludes halogenated alkanes) is 2. The van der Waals surface area contributed by atoms with Crippen LogP contribution in [0.5, 0.6) is 0 Å². The first kappa shape index (κ1) is 40.3. The highest BCUT2D eigenvalue weighted by Gasteiger charge is 2.31. The molecule has 0 fully saturated rings. The van der Waals surface area contributed by atoms with E-state index in [9.17, 15) is 28.8 Å². The van der Waals surface area contributed by atoms with Crippen molar-refractivity contribution in [3.63, 3.8) is 0 Å². The van der Waals surface area contributed by atoms with Gasteiger partial charge in [-0.15, -0.1) is 0 Å². The number of benzene rings is 2. The quantitative estimate of drug-likeness (QED) is 0.0427. The highest BCUT2D eigenvalue weighted by atomic mass is 16.4. The normalized spacial score (nSPS) is 13.5. The summed E-state index contributed by atoms with van der Waals surface area (Å²) in [5, 5.41) is 8.66. The summed E-state index contributed by atoms with van der Waals surface area (Å²) < 4.78 is 5.33. The molecular weight excluding hydrogens is 656 g/mol. The molecule has 0 radical (unpaired) electrons. The zero-order valence-electron chi connectivity index (χ0n) is 29.0. The largest absolute Gasteiger partial charge is 0.421 e. The summed E-state index contributed by atoms with van der Waals surface area (Å²) >= 11 is 0. The van der Waals surface area contributed by atoms with Crippen LogP contribution in [0, 0.1) is 6.92 Å². The van der Waals surface area contributed by atoms with E-state index in [1.54, 1.807) is 19.1 Å². The molecule has 4 amide bonds. The molecule has 1 aromatic heterocycles. The summed E-state index contributed by atoms with van der Waals surface area (Å²) in [6, 6.07) is 9.34. The molecule has 0 aliphatic rings. The third-order valence-electron chi connectivity index (χ3n) is 8.60. The van der Waals surface area contributed by atoms with E-state index >= 15 is 0 Å². The number of Topliss-reactive ketones (excluding diaryl/α,β-unsaturated/α-hetero) is 1. The Bertz CT molecular complexity index is 1730. The second kappa shape index (κ2) is 19.9. The minimum atomic E-state index is -1.23. The SMILES string of the molecule is Cc1c(N)c(=O)oc2cc(C(=O)[C@H](CCCCN)NC(=O)[C@H](CCCCN)NC(=O)[C@H](CCC(N)=O)NC(=O)[C@@H](N)Cc3ccccc3)ccc12. The maximum atomic E-state index is 13.8. The van der Waals surface area contributed by atoms with Crippen LogP contribution in [0.15, 0.2) is 57.7 Å². The number of anilines is 1. The minimum Gasteiger partial charge on any atom is -0.421 e. The third kappa shape index (κ3) is 12.0. The van der Waals surface area contributed by atoms with E-state index in [4.69, 9.17) is 33.1 Å². The van der Waals surface area contributed by atoms with Crippen molar-refractivity contribution in [3.05, 3.63) is 75.6 Å². The summed E-state index contributed by atoms with van der Waals surface area (Å²) in [7, 11) is 0. The summed E-state index contributed by atoms with van der Waals surface area (Å²) in [6.07, 6.45) is 2.40. The van der Waals surface area contributed by atoms with E-state index in [-0.39, 0.29) is 48.9 Å². The lowest BCUT2D eigenvalue weighted by Gasteiger charge is -2.26. The van der Waals surface area contributed by atoms with Crippen molar-refractivity contribution >= 4 is 46.1 Å². The van der Waals surface area contributed by atoms with Gasteiger partial charge in [0.1, 0.15) is 23.4 Å². The first-order valence-electron chi connectivity index (χ1n) is 17.1. The lowest BCUT2D eigenvalue weighted by atomic mass is 9.97. The van der Waals surface area contributed by atoms with Gasteiger partial charge < -0.3 is 49.0 Å². The number of ketones is 1. The van der Waals surface area contributed by atoms with E-state index in [1.807, 2.05) is 30.3 Å². The lowest BCUT2D eigenvalue weighted by molar-refractivity contribution is -0.133. The maximum Gasteiger partial charge on any atom is 0.359 e. The molecule has 0 aliphatic carbocycles. The number of nitrogens with one attached hydrogen (secondary N) is 3. The van der Waals surface area contributed by atoms with Crippen LogP contribution in [0.3, 0.4) is 0 Å². The zero-order chi connectivity index (χ0) is 37.5. The van der Waals surface area contributed by atoms with Crippen LogP contribution in [0.25, 0.3) is 11.0 Å². The average molecular weight is 707 g/mol. The molecule has 0 bridgehead atoms. The first-order valence-corrected chi connectivity index (χ1v) is 17.1. The number of carbonyl (C=O) groups is 5. The van der Waals surface area contributed by atoms with Gasteiger partial charge in [-0.2, -0.15) is 0 Å². The number of primary amides is 1. The van der Waals surface area contributed by atoms with Crippen LogP contribution in [0.4, 0.5) is 5.69 Å². The Morgan fingerprint density at radius 3 is 1.94 bits per heavy atom. The number of carbonyl (C=O) groups excluding carboxylic acids is 5. The lowest BCUT2D eigenvalue weighted by Crippen LogP contribution is -2.57. The number of rotatable bonds is 21. The Balaban J connectivity index is 1.83. The predicted octanol–water partition coefficient (Wildman–Crippen LogP) is 0.414. The van der Waals surface area contributed by atoms with Gasteiger partial charge >= 0.3 is 5.63 Å². The standard InChI is InChI=1S/C36H50N8O7/c1-21-24-14-13-23(20-29(24)51-36(50)31(21)41)32(46)26(11-5-7-17-37)42-34(48)27(12-6-8-18-38)44-35(49)28(15-16-30(40)45)43-33(47)25(39)19-22-9-3-2-4-10-22/h2-4,9-10,13-14,20,25-28H,5-8,11-12,15-19,37-39,41H2,1H3,(H2,40,45)(H,42,48)(H,43,47)(H,44,49)/t25-,26-,27-,28-/m0/s1. The molecule has 13 N–H and O–H groups in total. The van der Waals surface area contributed by atoms with E-state index in [0.29, 0.717) is 49.7 Å². The Morgan fingerprint density at radius 2 is 1.33 bits per heavy atom. The molecule has 0 spiro atoms. The fourth-order valence-electron chi connectivity index (χ4n) is 5.59. The Morgan fingerprint density at radius 1 is 0.765 bits per heavy atom. The number of hydrogen-bond donors (Lipinski definition) is 8. The molecule has 0 aliphatic heterocycles. The number of nitrogens with two attached hydrogens (primary N) is 5. The fraction of sp³-hybridized carbons (Fsp3) is 0.444. The van der Waals surface area contributed by atoms with Crippen molar-refractivity contribution in [2.24, 2.45) is 22.9 Å². The summed E-state index contributed by atoms with van der Waals surface area (Å²) in [4.78, 5) is 78.2. The predicted molar refractivity (Wildman–Crippen MR) is 194 cm³/mol. The smallest absolute Gasteiger partial charge is 0.359 e. The van der Waals surface area contributed by atoms with Crippen LogP contribution in [-0.2, 0) is 25.6 Å². The molecule has 0 saturated carbocycles. The van der Waals surface area contributed by atoms with Crippen molar-refractivity contribution in [2.45, 2.75) is 88.9 Å². The van der Waals surface area contributed by atoms with Crippen LogP contribution in [0.1, 0.15) is 72.9 Å². The third-order valence-corrected chi connectivity index (χ3v) is 8.60. The van der Waals surface area contributed by atoms with Gasteiger partial charge in [0.2, 0.25) is 23.6 Å². The van der Waals surface area contributed by atoms with Gasteiger partial charge in [-0.05, 0) is 88.6 Å². The molecule has 51 heavy (non-hydrogen) atoms. The van der Waals surface area contributed by atoms with E-state index in [0.717, 1.165) is 5.56 Å². The van der Waals surface area contributed by atoms with Gasteiger partial charge in [0.15, 0.2) is 5.78 Å². The molecule has 15 nitrogen and oxygen atoms in total. The number of aryl methyl sites for hydroxylation is 1. The molecular formula is C36H50N8O7. The second-order valence-corrected chi connectivity index (χ2v) is 12.6. The van der Waals surface area contributed by atoms with Gasteiger partial charge in [0.05, 0.1) is 12.1 Å². The summed E-state index contributed by atoms with van der Waals surface area (Å²) in [5.74, 6) is -3.11. The molecule has 0 unspecified atom stereocenters. The van der Waals surface area contributed by atoms with Crippen LogP contribution in [-0.4, -0.2) is 66.7 Å². The Hall–Kier alpha value is -5.12. The second-order valence-electron chi connectivity index (χ2n) is 12.6. The Kier molecular flexibility index (Phi) is 15.7. The molecule has 276 valence electrons. The van der Waals surface area contributed by atoms with Crippen LogP contribution >= 0.6 is 0 Å². The van der Waals surface area contributed by atoms with Crippen molar-refractivity contribution < 1.29 is 28.4 Å². The van der Waals surface area contributed by atoms with E-state index < -0.39 is 59.2 Å². The monoisotopic (exact) mass is 706 g/mol. The molecule has 2 aromatic carbocycles. The summed E-state index contributed by atoms with van der Waals surface area (Å²) in [6.45, 7) is 2.40. The Labute approximate surface area is 296 Å². The van der Waals surface area contributed by atoms with E-state index in [2.05, 4.69) is 16.0 Å². The number of nitrogen functional groups attached to an aromatic ring is 1. The molecule has 3 aromatic rings. The number of fused-ring (bicyclic) bond motifs is 1. The molecule has 15 heteroatoms. The van der Waals surface area contributed by atoms with Gasteiger partial charge in [0, 0.05) is 17.4 Å². The van der Waals surface area contributed by atoms with Gasteiger partial charge in [0.25, 0.3) is 0 Å². The average Bonchev–Trinajstić information content (AvgIpc) is 3.11. The van der Waals surface area contributed by atoms with Crippen molar-refractivity contribution in [3.8, 4) is 0 Å². The van der Waals surface area contributed by atoms with Crippen molar-refractivity contribution in [1.29, 1.82) is 0 Å². The zero-order valence-corrected chi connectivity index (χ0v) is 29.0. The molecule has 4 atom stereocenters. The van der Waals surface area contributed by atoms with Gasteiger partial charge in [-0.3, -0.25) is 24.0 Å². The highest BCUT2D eigenvalue weighted by Crippen LogP contribution is 2.23. The molecule has 3 rings (SSSR count). The fourth-order valence-corrected chi connectivity index (χ4v) is 5.59. The minimum absolute atomic E-state index is 0.0253. The van der Waals surface area contributed by atoms with Crippen LogP contribution in [0.2, 0.25) is 0 Å². The van der Waals surface area contributed by atoms with E-state index in [1.165, 1.54) is 6.07 Å². The number of amides is 4. The highest BCUT2D eigenvalue weighted by molar-refractivity contribution is 6.05. The topological polar surface area (TPSA) is 282 Å². The maximum absolute atomic E-state index is 13.8. The van der Waals surface area contributed by atoms with Gasteiger partial charge in [-0.1, -0.05) is 42.5 Å². The van der Waals surface area contributed by atoms with Gasteiger partial charge in [-0.25, -0.2) is 4.79 Å². The first-order chi connectivity index (χ1) is 24.4.